The van der Waals surface area contributed by atoms with Gasteiger partial charge in [0.1, 0.15) is 0 Å². The molecule has 0 aliphatic heterocycles. The van der Waals surface area contributed by atoms with E-state index < -0.39 is 6.10 Å². The van der Waals surface area contributed by atoms with Crippen molar-refractivity contribution >= 4 is 17.5 Å². The summed E-state index contributed by atoms with van der Waals surface area (Å²) in [5.74, 6) is 0.129. The van der Waals surface area contributed by atoms with E-state index in [2.05, 4.69) is 10.6 Å². The summed E-state index contributed by atoms with van der Waals surface area (Å²) in [6, 6.07) is 7.30. The van der Waals surface area contributed by atoms with Crippen LogP contribution in [0.25, 0.3) is 0 Å². The normalized spacial score (nSPS) is 15.8. The molecule has 5 nitrogen and oxygen atoms in total. The van der Waals surface area contributed by atoms with Crippen LogP contribution in [0.4, 0.5) is 5.69 Å². The predicted octanol–water partition coefficient (Wildman–Crippen LogP) is 2.10. The van der Waals surface area contributed by atoms with Crippen molar-refractivity contribution in [1.29, 1.82) is 0 Å². The monoisotopic (exact) mass is 318 g/mol. The molecule has 0 radical (unpaired) electrons. The second-order valence-electron chi connectivity index (χ2n) is 7.32. The molecule has 23 heavy (non-hydrogen) atoms. The van der Waals surface area contributed by atoms with Crippen LogP contribution in [0.15, 0.2) is 24.3 Å². The number of carbonyl (C=O) groups is 2. The third kappa shape index (κ3) is 5.67. The van der Waals surface area contributed by atoms with Gasteiger partial charge in [0.25, 0.3) is 0 Å². The van der Waals surface area contributed by atoms with Crippen LogP contribution < -0.4 is 10.6 Å². The molecule has 0 heterocycles. The van der Waals surface area contributed by atoms with Crippen LogP contribution in [0.1, 0.15) is 39.2 Å². The highest BCUT2D eigenvalue weighted by atomic mass is 16.3. The van der Waals surface area contributed by atoms with Crippen LogP contribution in [-0.4, -0.2) is 29.6 Å². The molecule has 1 saturated carbocycles. The van der Waals surface area contributed by atoms with E-state index in [1.807, 2.05) is 45.0 Å². The molecule has 1 aromatic carbocycles. The SMILES string of the molecule is CC(C)(C)C(O)CNC(=O)Cc1ccc(NC(=O)C2CC2)cc1. The van der Waals surface area contributed by atoms with Gasteiger partial charge in [0, 0.05) is 18.2 Å². The maximum atomic E-state index is 11.9. The van der Waals surface area contributed by atoms with Crippen molar-refractivity contribution in [2.45, 2.75) is 46.1 Å². The summed E-state index contributed by atoms with van der Waals surface area (Å²) in [7, 11) is 0. The number of nitrogens with one attached hydrogen (secondary N) is 2. The van der Waals surface area contributed by atoms with Gasteiger partial charge in [-0.25, -0.2) is 0 Å². The summed E-state index contributed by atoms with van der Waals surface area (Å²) in [6.45, 7) is 6.04. The summed E-state index contributed by atoms with van der Waals surface area (Å²) in [5.41, 5.74) is 1.38. The average Bonchev–Trinajstić information content (AvgIpc) is 3.30. The first-order valence-electron chi connectivity index (χ1n) is 8.10. The van der Waals surface area contributed by atoms with E-state index in [-0.39, 0.29) is 36.1 Å². The van der Waals surface area contributed by atoms with Crippen LogP contribution in [0.5, 0.6) is 0 Å². The highest BCUT2D eigenvalue weighted by Gasteiger charge is 2.29. The molecule has 1 atom stereocenters. The van der Waals surface area contributed by atoms with E-state index >= 15 is 0 Å². The van der Waals surface area contributed by atoms with Crippen LogP contribution >= 0.6 is 0 Å². The Balaban J connectivity index is 1.78. The summed E-state index contributed by atoms with van der Waals surface area (Å²) in [5, 5.41) is 15.5. The Labute approximate surface area is 137 Å². The summed E-state index contributed by atoms with van der Waals surface area (Å²) >= 11 is 0. The minimum atomic E-state index is -0.577. The first-order chi connectivity index (χ1) is 10.8. The maximum Gasteiger partial charge on any atom is 0.227 e. The van der Waals surface area contributed by atoms with Crippen molar-refractivity contribution in [3.05, 3.63) is 29.8 Å². The molecule has 3 N–H and O–H groups in total. The Kier molecular flexibility index (Phi) is 5.42. The maximum absolute atomic E-state index is 11.9. The lowest BCUT2D eigenvalue weighted by atomic mass is 9.89. The largest absolute Gasteiger partial charge is 0.391 e. The number of amides is 2. The second kappa shape index (κ2) is 7.13. The van der Waals surface area contributed by atoms with Gasteiger partial charge in [0.2, 0.25) is 11.8 Å². The summed E-state index contributed by atoms with van der Waals surface area (Å²) < 4.78 is 0. The topological polar surface area (TPSA) is 78.4 Å². The van der Waals surface area contributed by atoms with E-state index in [1.165, 1.54) is 0 Å². The molecule has 0 saturated heterocycles. The minimum Gasteiger partial charge on any atom is -0.391 e. The van der Waals surface area contributed by atoms with Crippen molar-refractivity contribution in [2.24, 2.45) is 11.3 Å². The Morgan fingerprint density at radius 2 is 1.83 bits per heavy atom. The second-order valence-corrected chi connectivity index (χ2v) is 7.32. The third-order valence-corrected chi connectivity index (χ3v) is 4.03. The molecule has 0 aromatic heterocycles. The number of aliphatic hydroxyl groups excluding tert-OH is 1. The van der Waals surface area contributed by atoms with E-state index in [1.54, 1.807) is 0 Å². The first kappa shape index (κ1) is 17.5. The molecule has 2 rings (SSSR count). The molecule has 0 spiro atoms. The van der Waals surface area contributed by atoms with Crippen molar-refractivity contribution in [2.75, 3.05) is 11.9 Å². The molecule has 1 unspecified atom stereocenters. The lowest BCUT2D eigenvalue weighted by molar-refractivity contribution is -0.121. The number of carbonyl (C=O) groups excluding carboxylic acids is 2. The van der Waals surface area contributed by atoms with Gasteiger partial charge in [-0.3, -0.25) is 9.59 Å². The van der Waals surface area contributed by atoms with Crippen LogP contribution in [0, 0.1) is 11.3 Å². The van der Waals surface area contributed by atoms with E-state index in [9.17, 15) is 14.7 Å². The number of hydrogen-bond acceptors (Lipinski definition) is 3. The van der Waals surface area contributed by atoms with Crippen LogP contribution in [-0.2, 0) is 16.0 Å². The zero-order chi connectivity index (χ0) is 17.0. The Bertz CT molecular complexity index is 557. The summed E-state index contributed by atoms with van der Waals surface area (Å²) in [6.07, 6.45) is 1.63. The lowest BCUT2D eigenvalue weighted by Crippen LogP contribution is -2.39. The first-order valence-corrected chi connectivity index (χ1v) is 8.10. The fraction of sp³-hybridized carbons (Fsp3) is 0.556. The highest BCUT2D eigenvalue weighted by Crippen LogP contribution is 2.30. The molecular formula is C18H26N2O3. The predicted molar refractivity (Wildman–Crippen MR) is 90.0 cm³/mol. The molecule has 2 amide bonds. The van der Waals surface area contributed by atoms with E-state index in [4.69, 9.17) is 0 Å². The van der Waals surface area contributed by atoms with Gasteiger partial charge in [-0.1, -0.05) is 32.9 Å². The molecule has 1 aliphatic rings. The lowest BCUT2D eigenvalue weighted by Gasteiger charge is -2.25. The average molecular weight is 318 g/mol. The highest BCUT2D eigenvalue weighted by molar-refractivity contribution is 5.94. The van der Waals surface area contributed by atoms with Gasteiger partial charge < -0.3 is 15.7 Å². The number of benzene rings is 1. The Morgan fingerprint density at radius 3 is 2.35 bits per heavy atom. The zero-order valence-corrected chi connectivity index (χ0v) is 14.1. The number of aliphatic hydroxyl groups is 1. The van der Waals surface area contributed by atoms with Crippen molar-refractivity contribution in [3.8, 4) is 0 Å². The fourth-order valence-corrected chi connectivity index (χ4v) is 2.06. The Morgan fingerprint density at radius 1 is 1.22 bits per heavy atom. The minimum absolute atomic E-state index is 0.0756. The molecule has 5 heteroatoms. The van der Waals surface area contributed by atoms with E-state index in [0.717, 1.165) is 24.1 Å². The molecule has 1 aromatic rings. The number of hydrogen-bond donors (Lipinski definition) is 3. The van der Waals surface area contributed by atoms with Gasteiger partial charge >= 0.3 is 0 Å². The number of rotatable bonds is 6. The Hall–Kier alpha value is -1.88. The standard InChI is InChI=1S/C18H26N2O3/c1-18(2,3)15(21)11-19-16(22)10-12-4-8-14(9-5-12)20-17(23)13-6-7-13/h4-5,8-9,13,15,21H,6-7,10-11H2,1-3H3,(H,19,22)(H,20,23). The molecule has 126 valence electrons. The van der Waals surface area contributed by atoms with Gasteiger partial charge in [0.05, 0.1) is 12.5 Å². The summed E-state index contributed by atoms with van der Waals surface area (Å²) in [4.78, 5) is 23.6. The quantitative estimate of drug-likeness (QED) is 0.751. The van der Waals surface area contributed by atoms with Crippen LogP contribution in [0.2, 0.25) is 0 Å². The van der Waals surface area contributed by atoms with Gasteiger partial charge in [-0.05, 0) is 36.0 Å². The van der Waals surface area contributed by atoms with Gasteiger partial charge in [0.15, 0.2) is 0 Å². The van der Waals surface area contributed by atoms with Crippen LogP contribution in [0.3, 0.4) is 0 Å². The van der Waals surface area contributed by atoms with Crippen molar-refractivity contribution in [3.63, 3.8) is 0 Å². The molecule has 1 fully saturated rings. The molecule has 1 aliphatic carbocycles. The number of anilines is 1. The van der Waals surface area contributed by atoms with E-state index in [0.29, 0.717) is 0 Å². The molecule has 0 bridgehead atoms. The van der Waals surface area contributed by atoms with Crippen molar-refractivity contribution < 1.29 is 14.7 Å². The van der Waals surface area contributed by atoms with Gasteiger partial charge in [-0.2, -0.15) is 0 Å². The van der Waals surface area contributed by atoms with Crippen molar-refractivity contribution in [1.82, 2.24) is 5.32 Å². The fourth-order valence-electron chi connectivity index (χ4n) is 2.06. The molecular weight excluding hydrogens is 292 g/mol. The third-order valence-electron chi connectivity index (χ3n) is 4.03. The van der Waals surface area contributed by atoms with Gasteiger partial charge in [-0.15, -0.1) is 0 Å². The zero-order valence-electron chi connectivity index (χ0n) is 14.1. The smallest absolute Gasteiger partial charge is 0.227 e.